The van der Waals surface area contributed by atoms with E-state index in [-0.39, 0.29) is 27.6 Å². The second kappa shape index (κ2) is 9.45. The summed E-state index contributed by atoms with van der Waals surface area (Å²) >= 11 is 0. The Labute approximate surface area is 177 Å². The van der Waals surface area contributed by atoms with Gasteiger partial charge in [-0.3, -0.25) is 4.72 Å². The van der Waals surface area contributed by atoms with Gasteiger partial charge in [-0.15, -0.1) is 0 Å². The highest BCUT2D eigenvalue weighted by molar-refractivity contribution is 7.92. The Bertz CT molecular complexity index is 1110. The molecule has 0 aliphatic heterocycles. The molecule has 0 amide bonds. The first-order chi connectivity index (χ1) is 14.0. The van der Waals surface area contributed by atoms with Gasteiger partial charge in [-0.1, -0.05) is 0 Å². The Morgan fingerprint density at radius 1 is 0.933 bits per heavy atom. The minimum absolute atomic E-state index is 0.0514. The summed E-state index contributed by atoms with van der Waals surface area (Å²) in [4.78, 5) is 11.6. The minimum atomic E-state index is -4.04. The highest BCUT2D eigenvalue weighted by atomic mass is 32.2. The molecule has 0 fully saturated rings. The molecule has 0 saturated carbocycles. The van der Waals surface area contributed by atoms with Crippen LogP contribution in [0.1, 0.15) is 24.2 Å². The van der Waals surface area contributed by atoms with Gasteiger partial charge in [0.1, 0.15) is 0 Å². The van der Waals surface area contributed by atoms with Crippen molar-refractivity contribution in [3.05, 3.63) is 48.0 Å². The standard InChI is InChI=1S/C19H25N3O6S2/c1-5-20-17-12-11-16(30(26,27)22(3)4)13-18(17)21-29(24,25)15-9-7-14(8-10-15)19(23)28-6-2/h7-13,20-21H,5-6H2,1-4H3. The summed E-state index contributed by atoms with van der Waals surface area (Å²) in [5, 5.41) is 3.00. The van der Waals surface area contributed by atoms with Crippen molar-refractivity contribution < 1.29 is 26.4 Å². The van der Waals surface area contributed by atoms with E-state index < -0.39 is 26.0 Å². The van der Waals surface area contributed by atoms with Crippen molar-refractivity contribution in [2.45, 2.75) is 23.6 Å². The van der Waals surface area contributed by atoms with Crippen molar-refractivity contribution in [2.24, 2.45) is 0 Å². The number of nitrogens with zero attached hydrogens (tertiary/aromatic N) is 1. The third-order valence-electron chi connectivity index (χ3n) is 4.06. The number of hydrogen-bond donors (Lipinski definition) is 2. The molecule has 0 spiro atoms. The molecule has 0 heterocycles. The number of nitrogens with one attached hydrogen (secondary N) is 2. The molecule has 30 heavy (non-hydrogen) atoms. The van der Waals surface area contributed by atoms with E-state index in [0.29, 0.717) is 12.2 Å². The first kappa shape index (κ1) is 23.6. The Morgan fingerprint density at radius 2 is 1.53 bits per heavy atom. The number of carbonyl (C=O) groups excluding carboxylic acids is 1. The van der Waals surface area contributed by atoms with Crippen LogP contribution in [0.15, 0.2) is 52.3 Å². The maximum Gasteiger partial charge on any atom is 0.338 e. The molecule has 2 rings (SSSR count). The number of carbonyl (C=O) groups is 1. The Hall–Kier alpha value is -2.63. The fourth-order valence-corrected chi connectivity index (χ4v) is 4.51. The number of rotatable bonds is 9. The van der Waals surface area contributed by atoms with Gasteiger partial charge in [-0.2, -0.15) is 0 Å². The zero-order valence-corrected chi connectivity index (χ0v) is 18.8. The van der Waals surface area contributed by atoms with Gasteiger partial charge in [0.25, 0.3) is 10.0 Å². The Balaban J connectivity index is 2.42. The lowest BCUT2D eigenvalue weighted by molar-refractivity contribution is 0.0526. The average Bonchev–Trinajstić information content (AvgIpc) is 2.69. The maximum atomic E-state index is 12.8. The summed E-state index contributed by atoms with van der Waals surface area (Å²) in [5.41, 5.74) is 0.749. The summed E-state index contributed by atoms with van der Waals surface area (Å²) in [6.45, 7) is 4.21. The summed E-state index contributed by atoms with van der Waals surface area (Å²) < 4.78 is 58.9. The highest BCUT2D eigenvalue weighted by Gasteiger charge is 2.22. The first-order valence-corrected chi connectivity index (χ1v) is 12.1. The van der Waals surface area contributed by atoms with E-state index in [4.69, 9.17) is 4.74 Å². The van der Waals surface area contributed by atoms with Crippen molar-refractivity contribution in [3.8, 4) is 0 Å². The largest absolute Gasteiger partial charge is 0.462 e. The normalized spacial score (nSPS) is 11.9. The van der Waals surface area contributed by atoms with Crippen LogP contribution in [0.25, 0.3) is 0 Å². The van der Waals surface area contributed by atoms with Gasteiger partial charge >= 0.3 is 5.97 Å². The summed E-state index contributed by atoms with van der Waals surface area (Å²) in [6, 6.07) is 9.43. The molecule has 0 bridgehead atoms. The number of hydrogen-bond acceptors (Lipinski definition) is 7. The first-order valence-electron chi connectivity index (χ1n) is 9.13. The van der Waals surface area contributed by atoms with Crippen LogP contribution in [0.4, 0.5) is 11.4 Å². The average molecular weight is 456 g/mol. The van der Waals surface area contributed by atoms with E-state index in [9.17, 15) is 21.6 Å². The van der Waals surface area contributed by atoms with E-state index >= 15 is 0 Å². The molecule has 2 N–H and O–H groups in total. The lowest BCUT2D eigenvalue weighted by atomic mass is 10.2. The van der Waals surface area contributed by atoms with E-state index in [1.165, 1.54) is 56.6 Å². The third-order valence-corrected chi connectivity index (χ3v) is 7.25. The molecule has 2 aromatic carbocycles. The SMILES string of the molecule is CCNc1ccc(S(=O)(=O)N(C)C)cc1NS(=O)(=O)c1ccc(C(=O)OCC)cc1. The Kier molecular flexibility index (Phi) is 7.45. The van der Waals surface area contributed by atoms with Crippen molar-refractivity contribution in [2.75, 3.05) is 37.3 Å². The van der Waals surface area contributed by atoms with Crippen molar-refractivity contribution in [1.82, 2.24) is 4.31 Å². The van der Waals surface area contributed by atoms with Crippen molar-refractivity contribution in [3.63, 3.8) is 0 Å². The highest BCUT2D eigenvalue weighted by Crippen LogP contribution is 2.29. The maximum absolute atomic E-state index is 12.8. The van der Waals surface area contributed by atoms with Crippen LogP contribution < -0.4 is 10.0 Å². The number of ether oxygens (including phenoxy) is 1. The smallest absolute Gasteiger partial charge is 0.338 e. The fraction of sp³-hybridized carbons (Fsp3) is 0.316. The third kappa shape index (κ3) is 5.29. The summed E-state index contributed by atoms with van der Waals surface area (Å²) in [5.74, 6) is -0.551. The van der Waals surface area contributed by atoms with Crippen molar-refractivity contribution in [1.29, 1.82) is 0 Å². The van der Waals surface area contributed by atoms with Crippen LogP contribution in [0.3, 0.4) is 0 Å². The molecule has 11 heteroatoms. The van der Waals surface area contributed by atoms with Gasteiger partial charge < -0.3 is 10.1 Å². The van der Waals surface area contributed by atoms with Gasteiger partial charge in [0, 0.05) is 20.6 Å². The zero-order valence-electron chi connectivity index (χ0n) is 17.2. The monoisotopic (exact) mass is 455 g/mol. The van der Waals surface area contributed by atoms with Crippen LogP contribution in [-0.2, 0) is 24.8 Å². The summed E-state index contributed by atoms with van der Waals surface area (Å²) in [7, 11) is -5.01. The molecular formula is C19H25N3O6S2. The predicted octanol–water partition coefficient (Wildman–Crippen LogP) is 2.35. The molecule has 0 aliphatic rings. The van der Waals surface area contributed by atoms with Crippen LogP contribution in [0, 0.1) is 0 Å². The van der Waals surface area contributed by atoms with Crippen LogP contribution in [-0.4, -0.2) is 54.4 Å². The molecule has 0 aliphatic carbocycles. The van der Waals surface area contributed by atoms with Gasteiger partial charge in [0.05, 0.1) is 33.3 Å². The zero-order chi connectivity index (χ0) is 22.5. The van der Waals surface area contributed by atoms with Crippen LogP contribution >= 0.6 is 0 Å². The quantitative estimate of drug-likeness (QED) is 0.557. The summed E-state index contributed by atoms with van der Waals surface area (Å²) in [6.07, 6.45) is 0. The van der Waals surface area contributed by atoms with E-state index in [1.54, 1.807) is 6.92 Å². The number of sulfonamides is 2. The van der Waals surface area contributed by atoms with Gasteiger partial charge in [-0.05, 0) is 56.3 Å². The number of benzene rings is 2. The molecular weight excluding hydrogens is 430 g/mol. The van der Waals surface area contributed by atoms with Gasteiger partial charge in [-0.25, -0.2) is 25.9 Å². The van der Waals surface area contributed by atoms with Crippen LogP contribution in [0.2, 0.25) is 0 Å². The number of anilines is 2. The molecule has 9 nitrogen and oxygen atoms in total. The van der Waals surface area contributed by atoms with E-state index in [0.717, 1.165) is 4.31 Å². The Morgan fingerprint density at radius 3 is 2.07 bits per heavy atom. The lowest BCUT2D eigenvalue weighted by Crippen LogP contribution is -2.22. The molecule has 164 valence electrons. The predicted molar refractivity (Wildman–Crippen MR) is 115 cm³/mol. The van der Waals surface area contributed by atoms with Crippen LogP contribution in [0.5, 0.6) is 0 Å². The molecule has 0 radical (unpaired) electrons. The topological polar surface area (TPSA) is 122 Å². The van der Waals surface area contributed by atoms with Gasteiger partial charge in [0.15, 0.2) is 0 Å². The second-order valence-corrected chi connectivity index (χ2v) is 10.2. The molecule has 0 unspecified atom stereocenters. The minimum Gasteiger partial charge on any atom is -0.462 e. The molecule has 0 atom stereocenters. The number of esters is 1. The molecule has 0 aromatic heterocycles. The van der Waals surface area contributed by atoms with Crippen molar-refractivity contribution >= 4 is 37.4 Å². The lowest BCUT2D eigenvalue weighted by Gasteiger charge is -2.17. The fourth-order valence-electron chi connectivity index (χ4n) is 2.51. The van der Waals surface area contributed by atoms with Gasteiger partial charge in [0.2, 0.25) is 10.0 Å². The van der Waals surface area contributed by atoms with E-state index in [2.05, 4.69) is 10.0 Å². The second-order valence-electron chi connectivity index (χ2n) is 6.38. The van der Waals surface area contributed by atoms with E-state index in [1.807, 2.05) is 6.92 Å². The molecule has 2 aromatic rings. The molecule has 0 saturated heterocycles.